The maximum absolute atomic E-state index is 11.9. The molecule has 21 heavy (non-hydrogen) atoms. The number of allylic oxidation sites excluding steroid dienone is 5. The third-order valence-electron chi connectivity index (χ3n) is 3.61. The van der Waals surface area contributed by atoms with Crippen LogP contribution in [0, 0.1) is 5.41 Å². The van der Waals surface area contributed by atoms with Crippen molar-refractivity contribution < 1.29 is 14.3 Å². The summed E-state index contributed by atoms with van der Waals surface area (Å²) in [6, 6.07) is 0. The van der Waals surface area contributed by atoms with Gasteiger partial charge >= 0.3 is 5.97 Å². The molecular formula is C18H26O3. The first kappa shape index (κ1) is 17.4. The fourth-order valence-corrected chi connectivity index (χ4v) is 1.99. The van der Waals surface area contributed by atoms with E-state index in [0.29, 0.717) is 13.0 Å². The van der Waals surface area contributed by atoms with Gasteiger partial charge in [-0.1, -0.05) is 39.0 Å². The highest BCUT2D eigenvalue weighted by Gasteiger charge is 2.15. The molecular weight excluding hydrogens is 264 g/mol. The minimum Gasteiger partial charge on any atom is -0.461 e. The van der Waals surface area contributed by atoms with E-state index in [1.54, 1.807) is 13.0 Å². The summed E-state index contributed by atoms with van der Waals surface area (Å²) in [5.41, 5.74) is 1.81. The number of hydrogen-bond donors (Lipinski definition) is 0. The first-order chi connectivity index (χ1) is 9.84. The van der Waals surface area contributed by atoms with Gasteiger partial charge in [0.25, 0.3) is 0 Å². The van der Waals surface area contributed by atoms with E-state index in [9.17, 15) is 9.59 Å². The van der Waals surface area contributed by atoms with E-state index in [-0.39, 0.29) is 17.2 Å². The van der Waals surface area contributed by atoms with Gasteiger partial charge in [-0.3, -0.25) is 9.59 Å². The first-order valence-electron chi connectivity index (χ1n) is 7.58. The minimum atomic E-state index is -0.175. The summed E-state index contributed by atoms with van der Waals surface area (Å²) < 4.78 is 5.23. The van der Waals surface area contributed by atoms with Crippen LogP contribution in [0.2, 0.25) is 0 Å². The average molecular weight is 290 g/mol. The molecule has 0 unspecified atom stereocenters. The predicted molar refractivity (Wildman–Crippen MR) is 84.9 cm³/mol. The highest BCUT2D eigenvalue weighted by Crippen LogP contribution is 2.25. The van der Waals surface area contributed by atoms with Crippen LogP contribution in [-0.4, -0.2) is 18.4 Å². The highest BCUT2D eigenvalue weighted by molar-refractivity contribution is 6.03. The van der Waals surface area contributed by atoms with Crippen LogP contribution < -0.4 is 0 Å². The number of ether oxygens (including phenoxy) is 1. The number of esters is 1. The second kappa shape index (κ2) is 7.96. The molecule has 0 radical (unpaired) electrons. The van der Waals surface area contributed by atoms with Gasteiger partial charge < -0.3 is 4.74 Å². The smallest absolute Gasteiger partial charge is 0.305 e. The molecule has 0 aromatic carbocycles. The van der Waals surface area contributed by atoms with Crippen LogP contribution in [0.4, 0.5) is 0 Å². The van der Waals surface area contributed by atoms with E-state index < -0.39 is 0 Å². The van der Waals surface area contributed by atoms with Crippen molar-refractivity contribution in [1.82, 2.24) is 0 Å². The fourth-order valence-electron chi connectivity index (χ4n) is 1.99. The second-order valence-electron chi connectivity index (χ2n) is 6.19. The van der Waals surface area contributed by atoms with Crippen LogP contribution in [0.25, 0.3) is 0 Å². The first-order valence-corrected chi connectivity index (χ1v) is 7.58. The molecule has 1 aliphatic rings. The van der Waals surface area contributed by atoms with Crippen LogP contribution in [0.1, 0.15) is 53.4 Å². The lowest BCUT2D eigenvalue weighted by Gasteiger charge is -2.18. The normalized spacial score (nSPS) is 25.8. The molecule has 1 aliphatic carbocycles. The Morgan fingerprint density at radius 1 is 1.33 bits per heavy atom. The van der Waals surface area contributed by atoms with Crippen molar-refractivity contribution in [2.75, 3.05) is 6.61 Å². The molecule has 1 rings (SSSR count). The van der Waals surface area contributed by atoms with Crippen molar-refractivity contribution in [3.05, 3.63) is 35.5 Å². The third-order valence-corrected chi connectivity index (χ3v) is 3.61. The zero-order valence-electron chi connectivity index (χ0n) is 13.6. The van der Waals surface area contributed by atoms with Crippen LogP contribution in [0.3, 0.4) is 0 Å². The Hall–Kier alpha value is -1.64. The largest absolute Gasteiger partial charge is 0.461 e. The molecule has 0 heterocycles. The number of rotatable bonds is 3. The molecule has 3 nitrogen and oxygen atoms in total. The third kappa shape index (κ3) is 6.56. The van der Waals surface area contributed by atoms with E-state index in [4.69, 9.17) is 4.74 Å². The summed E-state index contributed by atoms with van der Waals surface area (Å²) in [4.78, 5) is 23.2. The Balaban J connectivity index is 2.86. The van der Waals surface area contributed by atoms with Crippen LogP contribution in [-0.2, 0) is 14.3 Å². The Bertz CT molecular complexity index is 479. The zero-order chi connectivity index (χ0) is 15.9. The van der Waals surface area contributed by atoms with Crippen molar-refractivity contribution in [2.45, 2.75) is 53.4 Å². The fraction of sp³-hybridized carbons (Fsp3) is 0.556. The molecule has 0 fully saturated rings. The van der Waals surface area contributed by atoms with Gasteiger partial charge in [0.1, 0.15) is 6.61 Å². The van der Waals surface area contributed by atoms with Crippen molar-refractivity contribution in [1.29, 1.82) is 0 Å². The molecule has 0 saturated carbocycles. The Labute approximate surface area is 127 Å². The van der Waals surface area contributed by atoms with E-state index in [1.165, 1.54) is 0 Å². The number of hydrogen-bond acceptors (Lipinski definition) is 3. The van der Waals surface area contributed by atoms with E-state index >= 15 is 0 Å². The second-order valence-corrected chi connectivity index (χ2v) is 6.19. The SMILES string of the molecule is CCC(=O)OC/C1=C\CC(C)(C)/C=C/C(=O)/C(C)=C/CC1. The van der Waals surface area contributed by atoms with Gasteiger partial charge in [0.15, 0.2) is 5.78 Å². The Morgan fingerprint density at radius 3 is 2.71 bits per heavy atom. The lowest BCUT2D eigenvalue weighted by atomic mass is 9.87. The molecule has 0 saturated heterocycles. The molecule has 0 aromatic rings. The molecule has 116 valence electrons. The standard InChI is InChI=1S/C18H26O3/c1-5-17(20)21-13-15-8-6-7-14(2)16(19)10-12-18(3,4)11-9-15/h7,9-10,12H,5-6,8,11,13H2,1-4H3/b12-10+,14-7+,15-9-. The Morgan fingerprint density at radius 2 is 2.05 bits per heavy atom. The molecule has 0 spiro atoms. The van der Waals surface area contributed by atoms with Crippen LogP contribution >= 0.6 is 0 Å². The number of carbonyl (C=O) groups excluding carboxylic acids is 2. The maximum atomic E-state index is 11.9. The topological polar surface area (TPSA) is 43.4 Å². The zero-order valence-corrected chi connectivity index (χ0v) is 13.6. The van der Waals surface area contributed by atoms with Gasteiger partial charge in [-0.2, -0.15) is 0 Å². The molecule has 3 heteroatoms. The van der Waals surface area contributed by atoms with E-state index in [1.807, 2.05) is 19.1 Å². The van der Waals surface area contributed by atoms with E-state index in [2.05, 4.69) is 19.9 Å². The van der Waals surface area contributed by atoms with Gasteiger partial charge in [-0.05, 0) is 48.8 Å². The Kier molecular flexibility index (Phi) is 6.60. The lowest BCUT2D eigenvalue weighted by Crippen LogP contribution is -2.09. The van der Waals surface area contributed by atoms with Crippen molar-refractivity contribution >= 4 is 11.8 Å². The summed E-state index contributed by atoms with van der Waals surface area (Å²) in [7, 11) is 0. The summed E-state index contributed by atoms with van der Waals surface area (Å²) in [6.07, 6.45) is 10.6. The molecule has 0 aliphatic heterocycles. The summed E-state index contributed by atoms with van der Waals surface area (Å²) in [5, 5.41) is 0. The van der Waals surface area contributed by atoms with E-state index in [0.717, 1.165) is 30.4 Å². The van der Waals surface area contributed by atoms with Crippen molar-refractivity contribution in [2.24, 2.45) is 5.41 Å². The molecule has 0 atom stereocenters. The van der Waals surface area contributed by atoms with Gasteiger partial charge in [-0.15, -0.1) is 0 Å². The molecule has 0 aromatic heterocycles. The maximum Gasteiger partial charge on any atom is 0.305 e. The van der Waals surface area contributed by atoms with Gasteiger partial charge in [0.05, 0.1) is 0 Å². The van der Waals surface area contributed by atoms with Crippen LogP contribution in [0.5, 0.6) is 0 Å². The van der Waals surface area contributed by atoms with Crippen molar-refractivity contribution in [3.8, 4) is 0 Å². The summed E-state index contributed by atoms with van der Waals surface area (Å²) in [6.45, 7) is 8.19. The molecule has 0 amide bonds. The highest BCUT2D eigenvalue weighted by atomic mass is 16.5. The van der Waals surface area contributed by atoms with Crippen molar-refractivity contribution in [3.63, 3.8) is 0 Å². The van der Waals surface area contributed by atoms with Gasteiger partial charge in [-0.25, -0.2) is 0 Å². The van der Waals surface area contributed by atoms with Crippen LogP contribution in [0.15, 0.2) is 35.5 Å². The predicted octanol–water partition coefficient (Wildman–Crippen LogP) is 4.15. The average Bonchev–Trinajstić information content (AvgIpc) is 2.47. The van der Waals surface area contributed by atoms with Gasteiger partial charge in [0.2, 0.25) is 0 Å². The molecule has 0 bridgehead atoms. The summed E-state index contributed by atoms with van der Waals surface area (Å²) >= 11 is 0. The lowest BCUT2D eigenvalue weighted by molar-refractivity contribution is -0.142. The number of carbonyl (C=O) groups is 2. The monoisotopic (exact) mass is 290 g/mol. The quantitative estimate of drug-likeness (QED) is 0.579. The number of ketones is 1. The molecule has 0 N–H and O–H groups in total. The minimum absolute atomic E-state index is 0.0731. The summed E-state index contributed by atoms with van der Waals surface area (Å²) in [5.74, 6) is -0.102. The van der Waals surface area contributed by atoms with Gasteiger partial charge in [0, 0.05) is 6.42 Å².